The van der Waals surface area contributed by atoms with Crippen LogP contribution in [0.1, 0.15) is 10.4 Å². The molecular weight excluding hydrogens is 360 g/mol. The number of thiophene rings is 1. The lowest BCUT2D eigenvalue weighted by atomic mass is 9.99. The highest BCUT2D eigenvalue weighted by atomic mass is 32.1. The van der Waals surface area contributed by atoms with Gasteiger partial charge in [-0.15, -0.1) is 11.3 Å². The molecule has 5 atom stereocenters. The highest BCUT2D eigenvalue weighted by Gasteiger charge is 2.44. The molecule has 1 saturated heterocycles. The molecule has 3 rings (SSSR count). The fraction of sp³-hybridized carbons (Fsp3) is 0.333. The standard InChI is InChI=1S/C18H20O7S/c19-9-13-15(21)16(22)17(23)18(25-13)24-12-7-8-26-14(12)6-3-10-1-4-11(20)5-2-10/h1-8,13,15-23H,9H2/b6-3+. The Labute approximate surface area is 154 Å². The molecule has 2 heterocycles. The average molecular weight is 380 g/mol. The molecule has 0 radical (unpaired) electrons. The fourth-order valence-corrected chi connectivity index (χ4v) is 3.29. The number of aliphatic hydroxyl groups excluding tert-OH is 4. The smallest absolute Gasteiger partial charge is 0.229 e. The minimum Gasteiger partial charge on any atom is -0.508 e. The van der Waals surface area contributed by atoms with Gasteiger partial charge in [-0.3, -0.25) is 0 Å². The molecule has 0 bridgehead atoms. The van der Waals surface area contributed by atoms with Crippen LogP contribution in [0.4, 0.5) is 0 Å². The van der Waals surface area contributed by atoms with Gasteiger partial charge in [0.25, 0.3) is 0 Å². The summed E-state index contributed by atoms with van der Waals surface area (Å²) in [5, 5.41) is 50.1. The first kappa shape index (κ1) is 18.8. The first-order chi connectivity index (χ1) is 12.5. The largest absolute Gasteiger partial charge is 0.508 e. The number of aromatic hydroxyl groups is 1. The van der Waals surface area contributed by atoms with Crippen LogP contribution in [0.2, 0.25) is 0 Å². The second-order valence-corrected chi connectivity index (χ2v) is 6.84. The van der Waals surface area contributed by atoms with Gasteiger partial charge in [-0.25, -0.2) is 0 Å². The van der Waals surface area contributed by atoms with Gasteiger partial charge in [0, 0.05) is 0 Å². The lowest BCUT2D eigenvalue weighted by Gasteiger charge is -2.39. The van der Waals surface area contributed by atoms with E-state index in [9.17, 15) is 25.5 Å². The van der Waals surface area contributed by atoms with Crippen LogP contribution in [0.3, 0.4) is 0 Å². The maximum Gasteiger partial charge on any atom is 0.229 e. The molecule has 0 spiro atoms. The normalized spacial score (nSPS) is 29.2. The van der Waals surface area contributed by atoms with Gasteiger partial charge in [0.2, 0.25) is 6.29 Å². The van der Waals surface area contributed by atoms with Crippen molar-refractivity contribution >= 4 is 23.5 Å². The molecule has 7 nitrogen and oxygen atoms in total. The average Bonchev–Trinajstić information content (AvgIpc) is 3.09. The Hall–Kier alpha value is -1.94. The van der Waals surface area contributed by atoms with E-state index < -0.39 is 37.3 Å². The third kappa shape index (κ3) is 4.07. The minimum atomic E-state index is -1.49. The van der Waals surface area contributed by atoms with E-state index in [-0.39, 0.29) is 5.75 Å². The van der Waals surface area contributed by atoms with Crippen LogP contribution in [0, 0.1) is 0 Å². The van der Waals surface area contributed by atoms with Crippen LogP contribution < -0.4 is 4.74 Å². The van der Waals surface area contributed by atoms with Crippen molar-refractivity contribution in [2.45, 2.75) is 30.7 Å². The second-order valence-electron chi connectivity index (χ2n) is 5.89. The lowest BCUT2D eigenvalue weighted by Crippen LogP contribution is -2.60. The number of phenolic OH excluding ortho intramolecular Hbond substituents is 1. The van der Waals surface area contributed by atoms with Gasteiger partial charge in [-0.2, -0.15) is 0 Å². The minimum absolute atomic E-state index is 0.185. The monoisotopic (exact) mass is 380 g/mol. The molecule has 0 saturated carbocycles. The molecule has 2 aromatic rings. The van der Waals surface area contributed by atoms with Crippen molar-refractivity contribution in [3.05, 3.63) is 46.2 Å². The molecule has 8 heteroatoms. The number of rotatable bonds is 5. The number of phenols is 1. The van der Waals surface area contributed by atoms with Gasteiger partial charge >= 0.3 is 0 Å². The Kier molecular flexibility index (Phi) is 5.92. The molecule has 1 aromatic heterocycles. The predicted octanol–water partition coefficient (Wildman–Crippen LogP) is 0.803. The van der Waals surface area contributed by atoms with Gasteiger partial charge in [-0.05, 0) is 35.2 Å². The van der Waals surface area contributed by atoms with E-state index in [0.717, 1.165) is 10.4 Å². The molecule has 5 unspecified atom stereocenters. The zero-order valence-electron chi connectivity index (χ0n) is 13.7. The summed E-state index contributed by atoms with van der Waals surface area (Å²) in [6, 6.07) is 8.39. The second kappa shape index (κ2) is 8.17. The Morgan fingerprint density at radius 2 is 1.73 bits per heavy atom. The highest BCUT2D eigenvalue weighted by molar-refractivity contribution is 7.11. The van der Waals surface area contributed by atoms with E-state index in [2.05, 4.69) is 0 Å². The predicted molar refractivity (Wildman–Crippen MR) is 95.7 cm³/mol. The zero-order valence-corrected chi connectivity index (χ0v) is 14.5. The number of benzene rings is 1. The van der Waals surface area contributed by atoms with Crippen molar-refractivity contribution in [2.75, 3.05) is 6.61 Å². The molecule has 1 fully saturated rings. The van der Waals surface area contributed by atoms with Gasteiger partial charge in [0.05, 0.1) is 11.5 Å². The Morgan fingerprint density at radius 1 is 1.00 bits per heavy atom. The quantitative estimate of drug-likeness (QED) is 0.520. The third-order valence-electron chi connectivity index (χ3n) is 4.07. The number of hydrogen-bond acceptors (Lipinski definition) is 8. The Morgan fingerprint density at radius 3 is 2.42 bits per heavy atom. The van der Waals surface area contributed by atoms with Crippen LogP contribution in [-0.2, 0) is 4.74 Å². The number of hydrogen-bond donors (Lipinski definition) is 5. The summed E-state index contributed by atoms with van der Waals surface area (Å²) < 4.78 is 11.0. The van der Waals surface area contributed by atoms with Crippen molar-refractivity contribution in [1.82, 2.24) is 0 Å². The summed E-state index contributed by atoms with van der Waals surface area (Å²) in [7, 11) is 0. The van der Waals surface area contributed by atoms with E-state index in [0.29, 0.717) is 5.75 Å². The van der Waals surface area contributed by atoms with E-state index >= 15 is 0 Å². The van der Waals surface area contributed by atoms with Crippen molar-refractivity contribution in [3.63, 3.8) is 0 Å². The van der Waals surface area contributed by atoms with Gasteiger partial charge in [0.1, 0.15) is 35.9 Å². The molecule has 1 aromatic carbocycles. The van der Waals surface area contributed by atoms with Crippen LogP contribution in [-0.4, -0.2) is 62.8 Å². The highest BCUT2D eigenvalue weighted by Crippen LogP contribution is 2.31. The molecule has 1 aliphatic rings. The van der Waals surface area contributed by atoms with E-state index in [4.69, 9.17) is 9.47 Å². The van der Waals surface area contributed by atoms with Gasteiger partial charge in [-0.1, -0.05) is 18.2 Å². The molecule has 26 heavy (non-hydrogen) atoms. The van der Waals surface area contributed by atoms with Crippen LogP contribution >= 0.6 is 11.3 Å². The Balaban J connectivity index is 1.73. The van der Waals surface area contributed by atoms with E-state index in [1.54, 1.807) is 35.7 Å². The summed E-state index contributed by atoms with van der Waals surface area (Å²) in [6.07, 6.45) is -2.95. The summed E-state index contributed by atoms with van der Waals surface area (Å²) >= 11 is 1.41. The summed E-state index contributed by atoms with van der Waals surface area (Å²) in [5.41, 5.74) is 0.884. The van der Waals surface area contributed by atoms with Crippen molar-refractivity contribution in [1.29, 1.82) is 0 Å². The molecule has 0 amide bonds. The first-order valence-electron chi connectivity index (χ1n) is 8.01. The topological polar surface area (TPSA) is 120 Å². The lowest BCUT2D eigenvalue weighted by molar-refractivity contribution is -0.277. The Bertz CT molecular complexity index is 740. The maximum atomic E-state index is 10.1. The first-order valence-corrected chi connectivity index (χ1v) is 8.89. The molecule has 140 valence electrons. The van der Waals surface area contributed by atoms with Crippen LogP contribution in [0.25, 0.3) is 12.2 Å². The van der Waals surface area contributed by atoms with Crippen LogP contribution in [0.5, 0.6) is 11.5 Å². The molecule has 1 aliphatic heterocycles. The van der Waals surface area contributed by atoms with Crippen molar-refractivity contribution < 1.29 is 35.0 Å². The molecule has 5 N–H and O–H groups in total. The van der Waals surface area contributed by atoms with E-state index in [1.165, 1.54) is 11.3 Å². The zero-order chi connectivity index (χ0) is 18.7. The summed E-state index contributed by atoms with van der Waals surface area (Å²) in [5.74, 6) is 0.624. The summed E-state index contributed by atoms with van der Waals surface area (Å²) in [4.78, 5) is 0.759. The van der Waals surface area contributed by atoms with Crippen LogP contribution in [0.15, 0.2) is 35.7 Å². The van der Waals surface area contributed by atoms with Gasteiger partial charge < -0.3 is 35.0 Å². The number of aliphatic hydroxyl groups is 4. The number of ether oxygens (including phenoxy) is 2. The van der Waals surface area contributed by atoms with Gasteiger partial charge in [0.15, 0.2) is 0 Å². The molecule has 0 aliphatic carbocycles. The van der Waals surface area contributed by atoms with Crippen molar-refractivity contribution in [3.8, 4) is 11.5 Å². The fourth-order valence-electron chi connectivity index (χ4n) is 2.58. The maximum absolute atomic E-state index is 10.1. The summed E-state index contributed by atoms with van der Waals surface area (Å²) in [6.45, 7) is -0.512. The van der Waals surface area contributed by atoms with E-state index in [1.807, 2.05) is 12.2 Å². The third-order valence-corrected chi connectivity index (χ3v) is 4.93. The van der Waals surface area contributed by atoms with Crippen molar-refractivity contribution in [2.24, 2.45) is 0 Å². The molecular formula is C18H20O7S. The SMILES string of the molecule is OCC1OC(Oc2ccsc2/C=C/c2ccc(O)cc2)C(O)C(O)C1O.